The lowest BCUT2D eigenvalue weighted by atomic mass is 9.88. The summed E-state index contributed by atoms with van der Waals surface area (Å²) in [5.41, 5.74) is 3.36. The standard InChI is InChI=1S/C18H21N3O2S.C11H16N2O/c1-3-14(12-19-2)18-20-17(13-23-18)15-4-6-16(7-5-15)21-8-10-24(22)11-9-21;12-8-11(6-7-11)13-10(14)9-4-2-1-3-5-9/h3-7,12-13H,8-11H2,1-2H3;9H,1-7H2,(H,13,14)/b14-3+,19-12?;. The minimum absolute atomic E-state index is 0.115. The molecule has 2 aromatic rings. The molecule has 1 aromatic carbocycles. The van der Waals surface area contributed by atoms with Gasteiger partial charge in [-0.2, -0.15) is 5.26 Å². The second-order valence-corrected chi connectivity index (χ2v) is 11.8. The Balaban J connectivity index is 0.000000204. The number of hydrogen-bond acceptors (Lipinski definition) is 7. The van der Waals surface area contributed by atoms with Crippen LogP contribution in [-0.4, -0.2) is 58.5 Å². The number of aromatic nitrogens is 1. The van der Waals surface area contributed by atoms with Crippen molar-refractivity contribution in [2.75, 3.05) is 36.5 Å². The number of allylic oxidation sites excluding steroid dienone is 2. The third-order valence-corrected chi connectivity index (χ3v) is 8.61. The van der Waals surface area contributed by atoms with Crippen LogP contribution in [0.4, 0.5) is 5.69 Å². The number of nitriles is 1. The maximum absolute atomic E-state index is 11.8. The quantitative estimate of drug-likeness (QED) is 0.534. The van der Waals surface area contributed by atoms with Crippen molar-refractivity contribution >= 4 is 34.2 Å². The molecule has 1 N–H and O–H groups in total. The van der Waals surface area contributed by atoms with Crippen LogP contribution in [-0.2, 0) is 15.6 Å². The van der Waals surface area contributed by atoms with Crippen LogP contribution in [0.3, 0.4) is 0 Å². The van der Waals surface area contributed by atoms with Crippen LogP contribution in [0.2, 0.25) is 0 Å². The number of rotatable bonds is 6. The van der Waals surface area contributed by atoms with Crippen molar-refractivity contribution in [2.45, 2.75) is 57.4 Å². The molecule has 2 heterocycles. The van der Waals surface area contributed by atoms with E-state index in [2.05, 4.69) is 38.4 Å². The van der Waals surface area contributed by atoms with Crippen molar-refractivity contribution in [1.29, 1.82) is 5.26 Å². The highest BCUT2D eigenvalue weighted by molar-refractivity contribution is 7.85. The molecule has 3 fully saturated rings. The molecule has 0 atom stereocenters. The monoisotopic (exact) mass is 535 g/mol. The van der Waals surface area contributed by atoms with E-state index in [9.17, 15) is 9.00 Å². The molecule has 3 aliphatic rings. The summed E-state index contributed by atoms with van der Waals surface area (Å²) in [4.78, 5) is 22.6. The van der Waals surface area contributed by atoms with E-state index in [4.69, 9.17) is 9.68 Å². The summed E-state index contributed by atoms with van der Waals surface area (Å²) in [6, 6.07) is 10.5. The van der Waals surface area contributed by atoms with E-state index in [1.807, 2.05) is 25.1 Å². The minimum atomic E-state index is -0.653. The highest BCUT2D eigenvalue weighted by Crippen LogP contribution is 2.35. The number of carbonyl (C=O) groups excluding carboxylic acids is 1. The van der Waals surface area contributed by atoms with Gasteiger partial charge in [0.05, 0.1) is 11.6 Å². The smallest absolute Gasteiger partial charge is 0.227 e. The normalized spacial score (nSPS) is 19.9. The van der Waals surface area contributed by atoms with E-state index in [-0.39, 0.29) is 11.8 Å². The number of hydrogen-bond donors (Lipinski definition) is 1. The first kappa shape index (κ1) is 27.8. The predicted molar refractivity (Wildman–Crippen MR) is 152 cm³/mol. The zero-order valence-corrected chi connectivity index (χ0v) is 23.1. The van der Waals surface area contributed by atoms with Gasteiger partial charge < -0.3 is 14.6 Å². The number of amides is 1. The topological polar surface area (TPSA) is 112 Å². The zero-order chi connectivity index (χ0) is 27.0. The van der Waals surface area contributed by atoms with Crippen molar-refractivity contribution in [3.05, 3.63) is 42.5 Å². The fourth-order valence-corrected chi connectivity index (χ4v) is 5.81. The molecule has 0 unspecified atom stereocenters. The van der Waals surface area contributed by atoms with Gasteiger partial charge in [0.15, 0.2) is 0 Å². The predicted octanol–water partition coefficient (Wildman–Crippen LogP) is 4.75. The maximum Gasteiger partial charge on any atom is 0.227 e. The minimum Gasteiger partial charge on any atom is -0.444 e. The molecule has 2 aliphatic carbocycles. The Bertz CT molecular complexity index is 1210. The highest BCUT2D eigenvalue weighted by Gasteiger charge is 2.45. The number of benzene rings is 1. The number of oxazole rings is 1. The lowest BCUT2D eigenvalue weighted by molar-refractivity contribution is -0.126. The first-order chi connectivity index (χ1) is 18.5. The van der Waals surface area contributed by atoms with E-state index in [0.717, 1.165) is 85.6 Å². The first-order valence-corrected chi connectivity index (χ1v) is 14.9. The number of nitrogens with one attached hydrogen (secondary N) is 1. The molecule has 38 heavy (non-hydrogen) atoms. The van der Waals surface area contributed by atoms with Gasteiger partial charge in [0, 0.05) is 65.8 Å². The summed E-state index contributed by atoms with van der Waals surface area (Å²) >= 11 is 0. The Hall–Kier alpha value is -3.25. The fraction of sp³-hybridized carbons (Fsp3) is 0.517. The van der Waals surface area contributed by atoms with Crippen LogP contribution in [0.1, 0.15) is 57.8 Å². The third kappa shape index (κ3) is 7.19. The van der Waals surface area contributed by atoms with Crippen molar-refractivity contribution in [2.24, 2.45) is 10.9 Å². The average Bonchev–Trinajstić information content (AvgIpc) is 3.56. The molecule has 0 bridgehead atoms. The van der Waals surface area contributed by atoms with Crippen LogP contribution < -0.4 is 10.2 Å². The number of nitrogens with zero attached hydrogens (tertiary/aromatic N) is 4. The Morgan fingerprint density at radius 3 is 2.47 bits per heavy atom. The SMILES string of the molecule is C/C=C(\C=NC)c1nc(-c2ccc(N3CCS(=O)CC3)cc2)co1.N#CC1(NC(=O)C2CCCCC2)CC1. The van der Waals surface area contributed by atoms with Gasteiger partial charge in [-0.05, 0) is 44.7 Å². The molecular weight excluding hydrogens is 498 g/mol. The van der Waals surface area contributed by atoms with Gasteiger partial charge in [0.25, 0.3) is 0 Å². The lowest BCUT2D eigenvalue weighted by Crippen LogP contribution is -2.40. The Morgan fingerprint density at radius 2 is 1.89 bits per heavy atom. The van der Waals surface area contributed by atoms with Crippen LogP contribution in [0.25, 0.3) is 16.8 Å². The second kappa shape index (κ2) is 13.0. The summed E-state index contributed by atoms with van der Waals surface area (Å²) in [6.45, 7) is 3.63. The van der Waals surface area contributed by atoms with Gasteiger partial charge in [-0.3, -0.25) is 14.0 Å². The molecule has 0 radical (unpaired) electrons. The van der Waals surface area contributed by atoms with Crippen LogP contribution in [0, 0.1) is 17.2 Å². The van der Waals surface area contributed by atoms with Gasteiger partial charge in [-0.25, -0.2) is 4.98 Å². The Kier molecular flexibility index (Phi) is 9.51. The summed E-state index contributed by atoms with van der Waals surface area (Å²) in [7, 11) is 1.07. The summed E-state index contributed by atoms with van der Waals surface area (Å²) in [5.74, 6) is 2.36. The Morgan fingerprint density at radius 1 is 1.21 bits per heavy atom. The molecule has 1 aliphatic heterocycles. The first-order valence-electron chi connectivity index (χ1n) is 13.4. The third-order valence-electron chi connectivity index (χ3n) is 7.34. The molecule has 9 heteroatoms. The van der Waals surface area contributed by atoms with Crippen LogP contribution in [0.5, 0.6) is 0 Å². The molecule has 202 valence electrons. The van der Waals surface area contributed by atoms with Gasteiger partial charge in [0.2, 0.25) is 11.8 Å². The van der Waals surface area contributed by atoms with Crippen LogP contribution in [0.15, 0.2) is 46.0 Å². The van der Waals surface area contributed by atoms with Gasteiger partial charge >= 0.3 is 0 Å². The lowest BCUT2D eigenvalue weighted by Gasteiger charge is -2.28. The van der Waals surface area contributed by atoms with E-state index in [1.165, 1.54) is 6.42 Å². The highest BCUT2D eigenvalue weighted by atomic mass is 32.2. The van der Waals surface area contributed by atoms with E-state index in [1.54, 1.807) is 19.5 Å². The molecule has 2 saturated carbocycles. The molecule has 1 saturated heterocycles. The molecule has 5 rings (SSSR count). The molecular formula is C29H37N5O3S. The summed E-state index contributed by atoms with van der Waals surface area (Å²) < 4.78 is 17.0. The zero-order valence-electron chi connectivity index (χ0n) is 22.3. The average molecular weight is 536 g/mol. The molecule has 1 aromatic heterocycles. The number of anilines is 1. The van der Waals surface area contributed by atoms with E-state index in [0.29, 0.717) is 5.89 Å². The summed E-state index contributed by atoms with van der Waals surface area (Å²) in [5, 5.41) is 11.7. The summed E-state index contributed by atoms with van der Waals surface area (Å²) in [6.07, 6.45) is 12.6. The van der Waals surface area contributed by atoms with Crippen molar-refractivity contribution in [3.63, 3.8) is 0 Å². The fourth-order valence-electron chi connectivity index (χ4n) is 4.76. The number of aliphatic imine (C=N–C) groups is 1. The van der Waals surface area contributed by atoms with Crippen molar-refractivity contribution in [1.82, 2.24) is 10.3 Å². The number of carbonyl (C=O) groups is 1. The van der Waals surface area contributed by atoms with Gasteiger partial charge in [-0.15, -0.1) is 0 Å². The van der Waals surface area contributed by atoms with Gasteiger partial charge in [-0.1, -0.05) is 37.5 Å². The van der Waals surface area contributed by atoms with Crippen molar-refractivity contribution < 1.29 is 13.4 Å². The van der Waals surface area contributed by atoms with E-state index < -0.39 is 16.3 Å². The van der Waals surface area contributed by atoms with Crippen molar-refractivity contribution in [3.8, 4) is 17.3 Å². The van der Waals surface area contributed by atoms with Crippen LogP contribution >= 0.6 is 0 Å². The Labute approximate surface area is 227 Å². The second-order valence-electron chi connectivity index (χ2n) is 10.1. The molecule has 8 nitrogen and oxygen atoms in total. The molecule has 0 spiro atoms. The maximum atomic E-state index is 11.8. The van der Waals surface area contributed by atoms with Gasteiger partial charge in [0.1, 0.15) is 17.5 Å². The largest absolute Gasteiger partial charge is 0.444 e. The molecule has 1 amide bonds. The van der Waals surface area contributed by atoms with E-state index >= 15 is 0 Å².